The zero-order valence-corrected chi connectivity index (χ0v) is 9.73. The highest BCUT2D eigenvalue weighted by Gasteiger charge is 2.57. The van der Waals surface area contributed by atoms with E-state index < -0.39 is 11.3 Å². The van der Waals surface area contributed by atoms with Gasteiger partial charge in [-0.1, -0.05) is 20.8 Å². The Labute approximate surface area is 89.4 Å². The molecule has 1 fully saturated rings. The van der Waals surface area contributed by atoms with Crippen molar-refractivity contribution in [2.45, 2.75) is 52.5 Å². The number of alkyl halides is 2. The molecule has 15 heavy (non-hydrogen) atoms. The van der Waals surface area contributed by atoms with E-state index in [1.54, 1.807) is 6.92 Å². The molecule has 0 aromatic carbocycles. The molecule has 1 amide bonds. The molecular weight excluding hydrogens is 200 g/mol. The molecule has 1 rings (SSSR count). The Balaban J connectivity index is 2.49. The summed E-state index contributed by atoms with van der Waals surface area (Å²) in [6, 6.07) is 0.0311. The molecule has 0 spiro atoms. The first-order chi connectivity index (χ1) is 6.66. The van der Waals surface area contributed by atoms with E-state index in [9.17, 15) is 13.6 Å². The molecule has 1 atom stereocenters. The Bertz CT molecular complexity index is 255. The van der Waals surface area contributed by atoms with Gasteiger partial charge in [-0.05, 0) is 12.8 Å². The highest BCUT2D eigenvalue weighted by Crippen LogP contribution is 2.51. The Hall–Kier alpha value is -0.670. The molecule has 0 aromatic rings. The van der Waals surface area contributed by atoms with Crippen molar-refractivity contribution in [3.05, 3.63) is 0 Å². The fourth-order valence-electron chi connectivity index (χ4n) is 1.80. The van der Waals surface area contributed by atoms with Crippen molar-refractivity contribution in [3.63, 3.8) is 0 Å². The van der Waals surface area contributed by atoms with Crippen molar-refractivity contribution in [1.82, 2.24) is 5.32 Å². The average molecular weight is 219 g/mol. The van der Waals surface area contributed by atoms with E-state index in [1.165, 1.54) is 0 Å². The monoisotopic (exact) mass is 219 g/mol. The van der Waals surface area contributed by atoms with Crippen molar-refractivity contribution >= 4 is 5.91 Å². The summed E-state index contributed by atoms with van der Waals surface area (Å²) in [6.45, 7) is 7.47. The molecule has 2 nitrogen and oxygen atoms in total. The minimum atomic E-state index is -2.65. The van der Waals surface area contributed by atoms with Gasteiger partial charge in [0.1, 0.15) is 0 Å². The topological polar surface area (TPSA) is 29.1 Å². The standard InChI is InChI=1S/C11H19F2NO/c1-7(2)8(3)14-9(15)10(4)5-11(12,13)6-10/h7-8H,5-6H2,1-4H3,(H,14,15)/t8-/m1/s1. The molecular formula is C11H19F2NO. The second-order valence-electron chi connectivity index (χ2n) is 5.28. The fraction of sp³-hybridized carbons (Fsp3) is 0.909. The zero-order valence-electron chi connectivity index (χ0n) is 9.73. The Kier molecular flexibility index (Phi) is 3.08. The summed E-state index contributed by atoms with van der Waals surface area (Å²) in [5, 5.41) is 2.79. The van der Waals surface area contributed by atoms with Gasteiger partial charge in [0, 0.05) is 18.9 Å². The Morgan fingerprint density at radius 3 is 2.07 bits per heavy atom. The fourth-order valence-corrected chi connectivity index (χ4v) is 1.80. The van der Waals surface area contributed by atoms with Gasteiger partial charge in [-0.25, -0.2) is 8.78 Å². The predicted octanol–water partition coefficient (Wildman–Crippen LogP) is 2.58. The molecule has 0 radical (unpaired) electrons. The number of rotatable bonds is 3. The molecule has 1 aliphatic carbocycles. The van der Waals surface area contributed by atoms with E-state index in [-0.39, 0.29) is 24.8 Å². The number of amides is 1. The zero-order chi connectivity index (χ0) is 11.9. The Morgan fingerprint density at radius 2 is 1.73 bits per heavy atom. The minimum Gasteiger partial charge on any atom is -0.353 e. The van der Waals surface area contributed by atoms with Gasteiger partial charge < -0.3 is 5.32 Å². The minimum absolute atomic E-state index is 0.0311. The van der Waals surface area contributed by atoms with Crippen LogP contribution in [-0.2, 0) is 4.79 Å². The van der Waals surface area contributed by atoms with Gasteiger partial charge in [-0.15, -0.1) is 0 Å². The van der Waals surface area contributed by atoms with Gasteiger partial charge in [-0.2, -0.15) is 0 Å². The normalized spacial score (nSPS) is 24.5. The summed E-state index contributed by atoms with van der Waals surface area (Å²) in [5.74, 6) is -2.57. The highest BCUT2D eigenvalue weighted by molar-refractivity contribution is 5.83. The lowest BCUT2D eigenvalue weighted by Gasteiger charge is -2.43. The predicted molar refractivity (Wildman–Crippen MR) is 54.7 cm³/mol. The van der Waals surface area contributed by atoms with Gasteiger partial charge in [0.2, 0.25) is 11.8 Å². The van der Waals surface area contributed by atoms with Crippen molar-refractivity contribution in [3.8, 4) is 0 Å². The second-order valence-corrected chi connectivity index (χ2v) is 5.28. The molecule has 0 heterocycles. The molecule has 0 unspecified atom stereocenters. The van der Waals surface area contributed by atoms with Crippen molar-refractivity contribution in [2.24, 2.45) is 11.3 Å². The highest BCUT2D eigenvalue weighted by atomic mass is 19.3. The summed E-state index contributed by atoms with van der Waals surface area (Å²) in [5.41, 5.74) is -0.868. The van der Waals surface area contributed by atoms with Crippen molar-refractivity contribution < 1.29 is 13.6 Å². The molecule has 0 bridgehead atoms. The SMILES string of the molecule is CC(C)[C@@H](C)NC(=O)C1(C)CC(F)(F)C1. The van der Waals surface area contributed by atoms with E-state index in [4.69, 9.17) is 0 Å². The maximum atomic E-state index is 12.7. The lowest BCUT2D eigenvalue weighted by atomic mass is 9.66. The van der Waals surface area contributed by atoms with E-state index in [0.717, 1.165) is 0 Å². The van der Waals surface area contributed by atoms with Gasteiger partial charge in [-0.3, -0.25) is 4.79 Å². The third-order valence-electron chi connectivity index (χ3n) is 3.20. The van der Waals surface area contributed by atoms with Crippen LogP contribution in [-0.4, -0.2) is 17.9 Å². The maximum absolute atomic E-state index is 12.7. The number of carbonyl (C=O) groups excluding carboxylic acids is 1. The smallest absolute Gasteiger partial charge is 0.250 e. The van der Waals surface area contributed by atoms with E-state index in [0.29, 0.717) is 5.92 Å². The van der Waals surface area contributed by atoms with E-state index >= 15 is 0 Å². The lowest BCUT2D eigenvalue weighted by Crippen LogP contribution is -2.55. The van der Waals surface area contributed by atoms with Crippen LogP contribution < -0.4 is 5.32 Å². The van der Waals surface area contributed by atoms with Crippen molar-refractivity contribution in [2.75, 3.05) is 0 Å². The third-order valence-corrected chi connectivity index (χ3v) is 3.20. The van der Waals surface area contributed by atoms with Gasteiger partial charge in [0.25, 0.3) is 0 Å². The van der Waals surface area contributed by atoms with E-state index in [2.05, 4.69) is 5.32 Å². The maximum Gasteiger partial charge on any atom is 0.250 e. The van der Waals surface area contributed by atoms with Gasteiger partial charge >= 0.3 is 0 Å². The first kappa shape index (κ1) is 12.4. The number of hydrogen-bond donors (Lipinski definition) is 1. The van der Waals surface area contributed by atoms with Crippen LogP contribution in [0.15, 0.2) is 0 Å². The third kappa shape index (κ3) is 2.67. The number of hydrogen-bond acceptors (Lipinski definition) is 1. The first-order valence-corrected chi connectivity index (χ1v) is 5.35. The summed E-state index contributed by atoms with van der Waals surface area (Å²) >= 11 is 0. The quantitative estimate of drug-likeness (QED) is 0.776. The average Bonchev–Trinajstić information content (AvgIpc) is 1.99. The summed E-state index contributed by atoms with van der Waals surface area (Å²) < 4.78 is 25.4. The van der Waals surface area contributed by atoms with Crippen LogP contribution in [0.4, 0.5) is 8.78 Å². The molecule has 1 saturated carbocycles. The van der Waals surface area contributed by atoms with Crippen LogP contribution in [0.5, 0.6) is 0 Å². The first-order valence-electron chi connectivity index (χ1n) is 5.35. The van der Waals surface area contributed by atoms with Gasteiger partial charge in [0.15, 0.2) is 0 Å². The molecule has 0 saturated heterocycles. The van der Waals surface area contributed by atoms with Crippen LogP contribution >= 0.6 is 0 Å². The van der Waals surface area contributed by atoms with E-state index in [1.807, 2.05) is 20.8 Å². The summed E-state index contributed by atoms with van der Waals surface area (Å²) in [7, 11) is 0. The molecule has 0 aliphatic heterocycles. The summed E-state index contributed by atoms with van der Waals surface area (Å²) in [4.78, 5) is 11.7. The van der Waals surface area contributed by atoms with Crippen LogP contribution in [0.25, 0.3) is 0 Å². The second kappa shape index (κ2) is 3.72. The lowest BCUT2D eigenvalue weighted by molar-refractivity contribution is -0.175. The van der Waals surface area contributed by atoms with Gasteiger partial charge in [0.05, 0.1) is 5.41 Å². The molecule has 1 N–H and O–H groups in total. The van der Waals surface area contributed by atoms with Crippen LogP contribution in [0.1, 0.15) is 40.5 Å². The van der Waals surface area contributed by atoms with Crippen LogP contribution in [0.2, 0.25) is 0 Å². The van der Waals surface area contributed by atoms with Crippen LogP contribution in [0, 0.1) is 11.3 Å². The summed E-state index contributed by atoms with van der Waals surface area (Å²) in [6.07, 6.45) is -0.646. The van der Waals surface area contributed by atoms with Crippen LogP contribution in [0.3, 0.4) is 0 Å². The molecule has 0 aromatic heterocycles. The molecule has 4 heteroatoms. The largest absolute Gasteiger partial charge is 0.353 e. The number of nitrogens with one attached hydrogen (secondary N) is 1. The molecule has 88 valence electrons. The van der Waals surface area contributed by atoms with Crippen molar-refractivity contribution in [1.29, 1.82) is 0 Å². The number of halogens is 2. The molecule has 1 aliphatic rings. The Morgan fingerprint density at radius 1 is 1.27 bits per heavy atom. The number of carbonyl (C=O) groups is 1.